The zero-order valence-electron chi connectivity index (χ0n) is 16.8. The van der Waals surface area contributed by atoms with Crippen molar-refractivity contribution in [3.05, 3.63) is 76.5 Å². The lowest BCUT2D eigenvalue weighted by Crippen LogP contribution is -2.45. The molecule has 1 aliphatic heterocycles. The van der Waals surface area contributed by atoms with Crippen LogP contribution in [-0.4, -0.2) is 18.3 Å². The lowest BCUT2D eigenvalue weighted by molar-refractivity contribution is -0.0510. The van der Waals surface area contributed by atoms with Crippen molar-refractivity contribution in [1.29, 1.82) is 0 Å². The molecule has 2 aromatic carbocycles. The van der Waals surface area contributed by atoms with E-state index in [0.29, 0.717) is 29.1 Å². The van der Waals surface area contributed by atoms with Crippen LogP contribution < -0.4 is 20.1 Å². The summed E-state index contributed by atoms with van der Waals surface area (Å²) in [6, 6.07) is 12.7. The van der Waals surface area contributed by atoms with E-state index in [-0.39, 0.29) is 11.5 Å². The minimum absolute atomic E-state index is 0.0725. The monoisotopic (exact) mass is 464 g/mol. The third-order valence-corrected chi connectivity index (χ3v) is 5.53. The molecule has 0 amide bonds. The van der Waals surface area contributed by atoms with Gasteiger partial charge >= 0.3 is 13.2 Å². The molecule has 32 heavy (non-hydrogen) atoms. The molecule has 168 valence electrons. The van der Waals surface area contributed by atoms with Crippen molar-refractivity contribution in [2.45, 2.75) is 38.5 Å². The Morgan fingerprint density at radius 3 is 2.31 bits per heavy atom. The number of hydrogen-bond donors (Lipinski definition) is 2. The minimum atomic E-state index is -2.95. The Morgan fingerprint density at radius 2 is 1.56 bits per heavy atom. The van der Waals surface area contributed by atoms with Crippen LogP contribution in [0, 0.1) is 0 Å². The van der Waals surface area contributed by atoms with Gasteiger partial charge in [0.1, 0.15) is 11.5 Å². The van der Waals surface area contributed by atoms with E-state index in [4.69, 9.17) is 17.0 Å². The number of alkyl halides is 4. The van der Waals surface area contributed by atoms with Crippen LogP contribution in [-0.2, 0) is 0 Å². The van der Waals surface area contributed by atoms with Crippen LogP contribution in [0.5, 0.6) is 11.5 Å². The summed E-state index contributed by atoms with van der Waals surface area (Å²) in [5, 5.41) is 6.65. The van der Waals surface area contributed by atoms with Gasteiger partial charge in [0, 0.05) is 16.8 Å². The van der Waals surface area contributed by atoms with Gasteiger partial charge in [-0.3, -0.25) is 0 Å². The summed E-state index contributed by atoms with van der Waals surface area (Å²) in [4.78, 5) is 0. The number of hydrogen-bond acceptors (Lipinski definition) is 3. The highest BCUT2D eigenvalue weighted by atomic mass is 32.1. The van der Waals surface area contributed by atoms with E-state index in [0.717, 1.165) is 23.3 Å². The van der Waals surface area contributed by atoms with Gasteiger partial charge in [0.2, 0.25) is 0 Å². The summed E-state index contributed by atoms with van der Waals surface area (Å²) in [6.07, 6.45) is 4.00. The second-order valence-corrected chi connectivity index (χ2v) is 7.70. The smallest absolute Gasteiger partial charge is 0.387 e. The van der Waals surface area contributed by atoms with E-state index < -0.39 is 19.3 Å². The SMILES string of the molecule is FC(F)Oc1ccccc1/C=C1\CCCC2=C1NC(=S)N[C@H]2c1ccccc1OC(F)F. The van der Waals surface area contributed by atoms with E-state index in [1.165, 1.54) is 12.1 Å². The maximum Gasteiger partial charge on any atom is 0.387 e. The van der Waals surface area contributed by atoms with Crippen LogP contribution in [0.15, 0.2) is 65.4 Å². The van der Waals surface area contributed by atoms with Gasteiger partial charge in [0.05, 0.1) is 6.04 Å². The number of allylic oxidation sites excluding steroid dienone is 1. The van der Waals surface area contributed by atoms with Crippen molar-refractivity contribution < 1.29 is 27.0 Å². The molecule has 0 unspecified atom stereocenters. The average molecular weight is 464 g/mol. The second-order valence-electron chi connectivity index (χ2n) is 7.29. The first-order valence-corrected chi connectivity index (χ1v) is 10.4. The maximum absolute atomic E-state index is 12.9. The standard InChI is InChI=1S/C23H20F4N2O2S/c24-21(25)30-17-10-3-1-6-13(17)12-14-7-5-9-16-19(14)28-23(32)29-20(16)15-8-2-4-11-18(15)31-22(26)27/h1-4,6,8,10-12,20-22H,5,7,9H2,(H2,28,29,32)/b14-12+/t20-/m0/s1. The molecule has 0 spiro atoms. The van der Waals surface area contributed by atoms with Gasteiger partial charge in [-0.05, 0) is 60.8 Å². The van der Waals surface area contributed by atoms with E-state index in [2.05, 4.69) is 15.4 Å². The molecule has 4 rings (SSSR count). The Bertz CT molecular complexity index is 1070. The minimum Gasteiger partial charge on any atom is -0.434 e. The number of para-hydroxylation sites is 2. The number of halogens is 4. The molecule has 2 aromatic rings. The molecule has 1 heterocycles. The van der Waals surface area contributed by atoms with E-state index in [1.54, 1.807) is 42.5 Å². The van der Waals surface area contributed by atoms with Crippen LogP contribution >= 0.6 is 12.2 Å². The fourth-order valence-corrected chi connectivity index (χ4v) is 4.29. The molecule has 0 fully saturated rings. The van der Waals surface area contributed by atoms with Gasteiger partial charge in [-0.1, -0.05) is 36.4 Å². The molecular weight excluding hydrogens is 444 g/mol. The van der Waals surface area contributed by atoms with Crippen molar-refractivity contribution in [3.8, 4) is 11.5 Å². The summed E-state index contributed by atoms with van der Waals surface area (Å²) < 4.78 is 60.9. The Morgan fingerprint density at radius 1 is 0.906 bits per heavy atom. The molecule has 0 aromatic heterocycles. The van der Waals surface area contributed by atoms with E-state index >= 15 is 0 Å². The van der Waals surface area contributed by atoms with E-state index in [1.807, 2.05) is 0 Å². The predicted octanol–water partition coefficient (Wildman–Crippen LogP) is 5.93. The van der Waals surface area contributed by atoms with Crippen molar-refractivity contribution in [2.24, 2.45) is 0 Å². The van der Waals surface area contributed by atoms with Crippen molar-refractivity contribution in [2.75, 3.05) is 0 Å². The Kier molecular flexibility index (Phi) is 6.64. The van der Waals surface area contributed by atoms with Gasteiger partial charge < -0.3 is 20.1 Å². The van der Waals surface area contributed by atoms with Crippen LogP contribution in [0.25, 0.3) is 6.08 Å². The van der Waals surface area contributed by atoms with Gasteiger partial charge in [0.15, 0.2) is 5.11 Å². The Balaban J connectivity index is 1.76. The first-order chi connectivity index (χ1) is 15.4. The fraction of sp³-hybridized carbons (Fsp3) is 0.261. The molecule has 0 saturated carbocycles. The number of thiocarbonyl (C=S) groups is 1. The van der Waals surface area contributed by atoms with Crippen LogP contribution in [0.4, 0.5) is 17.6 Å². The van der Waals surface area contributed by atoms with Crippen molar-refractivity contribution in [3.63, 3.8) is 0 Å². The molecule has 9 heteroatoms. The molecule has 1 atom stereocenters. The molecule has 4 nitrogen and oxygen atoms in total. The first-order valence-electron chi connectivity index (χ1n) is 10.0. The van der Waals surface area contributed by atoms with Gasteiger partial charge in [-0.2, -0.15) is 17.6 Å². The Labute approximate surface area is 187 Å². The highest BCUT2D eigenvalue weighted by Crippen LogP contribution is 2.41. The number of ether oxygens (including phenoxy) is 2. The lowest BCUT2D eigenvalue weighted by atomic mass is 9.83. The summed E-state index contributed by atoms with van der Waals surface area (Å²) in [6.45, 7) is -5.89. The first kappa shape index (κ1) is 22.1. The van der Waals surface area contributed by atoms with Crippen LogP contribution in [0.3, 0.4) is 0 Å². The molecule has 0 bridgehead atoms. The van der Waals surface area contributed by atoms with Crippen molar-refractivity contribution in [1.82, 2.24) is 10.6 Å². The second kappa shape index (κ2) is 9.60. The third kappa shape index (κ3) is 4.88. The number of nitrogens with one attached hydrogen (secondary N) is 2. The predicted molar refractivity (Wildman–Crippen MR) is 117 cm³/mol. The third-order valence-electron chi connectivity index (χ3n) is 5.31. The summed E-state index contributed by atoms with van der Waals surface area (Å²) in [5.74, 6) is 0.148. The molecule has 0 saturated heterocycles. The van der Waals surface area contributed by atoms with Gasteiger partial charge in [-0.25, -0.2) is 0 Å². The largest absolute Gasteiger partial charge is 0.434 e. The topological polar surface area (TPSA) is 42.5 Å². The van der Waals surface area contributed by atoms with Crippen LogP contribution in [0.2, 0.25) is 0 Å². The molecule has 2 aliphatic rings. The fourth-order valence-electron chi connectivity index (χ4n) is 4.07. The number of benzene rings is 2. The quantitative estimate of drug-likeness (QED) is 0.410. The summed E-state index contributed by atoms with van der Waals surface area (Å²) in [7, 11) is 0. The van der Waals surface area contributed by atoms with Crippen LogP contribution in [0.1, 0.15) is 36.4 Å². The number of rotatable bonds is 6. The van der Waals surface area contributed by atoms with Crippen molar-refractivity contribution >= 4 is 23.4 Å². The summed E-state index contributed by atoms with van der Waals surface area (Å²) in [5.41, 5.74) is 3.64. The molecule has 2 N–H and O–H groups in total. The highest BCUT2D eigenvalue weighted by molar-refractivity contribution is 7.80. The van der Waals surface area contributed by atoms with E-state index in [9.17, 15) is 17.6 Å². The highest BCUT2D eigenvalue weighted by Gasteiger charge is 2.32. The molecule has 1 aliphatic carbocycles. The van der Waals surface area contributed by atoms with Gasteiger partial charge in [0.25, 0.3) is 0 Å². The zero-order chi connectivity index (χ0) is 22.7. The molecule has 0 radical (unpaired) electrons. The summed E-state index contributed by atoms with van der Waals surface area (Å²) >= 11 is 5.39. The zero-order valence-corrected chi connectivity index (χ0v) is 17.6. The Hall–Kier alpha value is -3.07. The maximum atomic E-state index is 12.9. The average Bonchev–Trinajstić information content (AvgIpc) is 2.75. The normalized spacial score (nSPS) is 19.6. The molecular formula is C23H20F4N2O2S. The van der Waals surface area contributed by atoms with Gasteiger partial charge in [-0.15, -0.1) is 0 Å². The lowest BCUT2D eigenvalue weighted by Gasteiger charge is -2.36.